The first-order valence-electron chi connectivity index (χ1n) is 5.85. The van der Waals surface area contributed by atoms with E-state index in [9.17, 15) is 0 Å². The maximum absolute atomic E-state index is 6.28. The molecule has 2 aliphatic rings. The van der Waals surface area contributed by atoms with Crippen molar-refractivity contribution in [3.05, 3.63) is 0 Å². The van der Waals surface area contributed by atoms with Crippen molar-refractivity contribution >= 4 is 7.85 Å². The van der Waals surface area contributed by atoms with Crippen molar-refractivity contribution in [1.82, 2.24) is 5.32 Å². The van der Waals surface area contributed by atoms with Gasteiger partial charge < -0.3 is 5.32 Å². The number of nitrogens with one attached hydrogen (secondary N) is 1. The fraction of sp³-hybridized carbons (Fsp3) is 1.00. The second-order valence-corrected chi connectivity index (χ2v) is 4.84. The first kappa shape index (κ1) is 9.58. The smallest absolute Gasteiger partial charge is 0.0953 e. The summed E-state index contributed by atoms with van der Waals surface area (Å²) in [6.07, 6.45) is 11.9. The molecule has 0 spiro atoms. The number of hydrogen-bond donors (Lipinski definition) is 1. The molecule has 0 bridgehead atoms. The van der Waals surface area contributed by atoms with Crippen LogP contribution in [0.4, 0.5) is 0 Å². The summed E-state index contributed by atoms with van der Waals surface area (Å²) in [5.74, 6) is 0. The lowest BCUT2D eigenvalue weighted by atomic mass is 9.75. The molecule has 0 saturated heterocycles. The van der Waals surface area contributed by atoms with Gasteiger partial charge in [-0.2, -0.15) is 0 Å². The van der Waals surface area contributed by atoms with E-state index in [0.29, 0.717) is 0 Å². The third-order valence-electron chi connectivity index (χ3n) is 3.59. The SMILES string of the molecule is [B]C1(NC2CCCCC2)CCCC1. The minimum atomic E-state index is 0.00199. The minimum absolute atomic E-state index is 0.00199. The van der Waals surface area contributed by atoms with E-state index in [1.54, 1.807) is 0 Å². The van der Waals surface area contributed by atoms with Gasteiger partial charge in [0, 0.05) is 6.04 Å². The molecule has 0 amide bonds. The molecular weight excluding hydrogens is 157 g/mol. The average Bonchev–Trinajstić information content (AvgIpc) is 2.54. The van der Waals surface area contributed by atoms with E-state index in [4.69, 9.17) is 7.85 Å². The highest BCUT2D eigenvalue weighted by molar-refractivity contribution is 6.15. The number of rotatable bonds is 2. The van der Waals surface area contributed by atoms with Gasteiger partial charge in [0.05, 0.1) is 7.85 Å². The molecule has 1 nitrogen and oxygen atoms in total. The van der Waals surface area contributed by atoms with Gasteiger partial charge in [0.15, 0.2) is 0 Å². The predicted octanol–water partition coefficient (Wildman–Crippen LogP) is 2.35. The van der Waals surface area contributed by atoms with Gasteiger partial charge in [-0.3, -0.25) is 0 Å². The summed E-state index contributed by atoms with van der Waals surface area (Å²) in [5, 5.41) is 3.67. The predicted molar refractivity (Wildman–Crippen MR) is 57.0 cm³/mol. The molecule has 13 heavy (non-hydrogen) atoms. The van der Waals surface area contributed by atoms with E-state index in [0.717, 1.165) is 6.04 Å². The Hall–Kier alpha value is 0.0249. The summed E-state index contributed by atoms with van der Waals surface area (Å²) < 4.78 is 0. The van der Waals surface area contributed by atoms with Gasteiger partial charge in [0.25, 0.3) is 0 Å². The van der Waals surface area contributed by atoms with E-state index in [-0.39, 0.29) is 5.44 Å². The summed E-state index contributed by atoms with van der Waals surface area (Å²) in [5.41, 5.74) is 0.00199. The lowest BCUT2D eigenvalue weighted by molar-refractivity contribution is 0.314. The van der Waals surface area contributed by atoms with Crippen LogP contribution in [-0.4, -0.2) is 19.3 Å². The van der Waals surface area contributed by atoms with Gasteiger partial charge in [-0.15, -0.1) is 0 Å². The Morgan fingerprint density at radius 3 is 2.15 bits per heavy atom. The Morgan fingerprint density at radius 2 is 1.54 bits per heavy atom. The maximum atomic E-state index is 6.28. The van der Waals surface area contributed by atoms with Gasteiger partial charge in [-0.1, -0.05) is 32.1 Å². The van der Waals surface area contributed by atoms with Crippen LogP contribution in [-0.2, 0) is 0 Å². The molecule has 0 unspecified atom stereocenters. The van der Waals surface area contributed by atoms with Crippen LogP contribution in [0.3, 0.4) is 0 Å². The van der Waals surface area contributed by atoms with Gasteiger partial charge in [0.2, 0.25) is 0 Å². The molecule has 72 valence electrons. The van der Waals surface area contributed by atoms with Crippen LogP contribution >= 0.6 is 0 Å². The molecule has 0 atom stereocenters. The lowest BCUT2D eigenvalue weighted by Gasteiger charge is -2.34. The van der Waals surface area contributed by atoms with E-state index < -0.39 is 0 Å². The van der Waals surface area contributed by atoms with Crippen molar-refractivity contribution in [3.63, 3.8) is 0 Å². The summed E-state index contributed by atoms with van der Waals surface area (Å²) in [4.78, 5) is 0. The highest BCUT2D eigenvalue weighted by Crippen LogP contribution is 2.29. The normalized spacial score (nSPS) is 29.2. The Morgan fingerprint density at radius 1 is 0.923 bits per heavy atom. The molecule has 2 rings (SSSR count). The van der Waals surface area contributed by atoms with Gasteiger partial charge in [-0.05, 0) is 31.1 Å². The second kappa shape index (κ2) is 4.04. The molecule has 0 aromatic carbocycles. The first-order chi connectivity index (χ1) is 6.29. The maximum Gasteiger partial charge on any atom is 0.0953 e. The van der Waals surface area contributed by atoms with Crippen molar-refractivity contribution in [2.45, 2.75) is 69.3 Å². The Balaban J connectivity index is 1.81. The third kappa shape index (κ3) is 2.49. The lowest BCUT2D eigenvalue weighted by Crippen LogP contribution is -2.49. The molecule has 1 N–H and O–H groups in total. The molecule has 0 aromatic heterocycles. The molecule has 2 aliphatic carbocycles. The molecule has 2 radical (unpaired) electrons. The molecule has 2 heteroatoms. The van der Waals surface area contributed by atoms with Gasteiger partial charge in [0.1, 0.15) is 0 Å². The van der Waals surface area contributed by atoms with Crippen LogP contribution in [0.1, 0.15) is 57.8 Å². The molecule has 2 saturated carbocycles. The Labute approximate surface area is 83.1 Å². The second-order valence-electron chi connectivity index (χ2n) is 4.84. The van der Waals surface area contributed by atoms with Crippen molar-refractivity contribution in [2.75, 3.05) is 0 Å². The molecule has 0 aliphatic heterocycles. The van der Waals surface area contributed by atoms with Crippen molar-refractivity contribution in [2.24, 2.45) is 0 Å². The van der Waals surface area contributed by atoms with E-state index in [2.05, 4.69) is 5.32 Å². The van der Waals surface area contributed by atoms with Crippen LogP contribution in [0.5, 0.6) is 0 Å². The van der Waals surface area contributed by atoms with Crippen LogP contribution < -0.4 is 5.32 Å². The molecular formula is C11H20BN. The standard InChI is InChI=1S/C11H20BN/c12-11(8-4-5-9-11)13-10-6-2-1-3-7-10/h10,13H,1-9H2. The van der Waals surface area contributed by atoms with Crippen molar-refractivity contribution in [1.29, 1.82) is 0 Å². The van der Waals surface area contributed by atoms with E-state index >= 15 is 0 Å². The average molecular weight is 177 g/mol. The van der Waals surface area contributed by atoms with Crippen LogP contribution in [0.2, 0.25) is 0 Å². The largest absolute Gasteiger partial charge is 0.317 e. The van der Waals surface area contributed by atoms with E-state index in [1.165, 1.54) is 57.8 Å². The van der Waals surface area contributed by atoms with Crippen LogP contribution in [0.25, 0.3) is 0 Å². The quantitative estimate of drug-likeness (QED) is 0.638. The van der Waals surface area contributed by atoms with E-state index in [1.807, 2.05) is 0 Å². The topological polar surface area (TPSA) is 12.0 Å². The Bertz CT molecular complexity index is 157. The van der Waals surface area contributed by atoms with Gasteiger partial charge >= 0.3 is 0 Å². The zero-order chi connectivity index (χ0) is 9.15. The zero-order valence-corrected chi connectivity index (χ0v) is 8.52. The fourth-order valence-corrected chi connectivity index (χ4v) is 2.80. The zero-order valence-electron chi connectivity index (χ0n) is 8.52. The molecule has 2 fully saturated rings. The monoisotopic (exact) mass is 177 g/mol. The first-order valence-corrected chi connectivity index (χ1v) is 5.85. The summed E-state index contributed by atoms with van der Waals surface area (Å²) >= 11 is 0. The fourth-order valence-electron chi connectivity index (χ4n) is 2.80. The molecule has 0 aromatic rings. The van der Waals surface area contributed by atoms with Crippen LogP contribution in [0.15, 0.2) is 0 Å². The summed E-state index contributed by atoms with van der Waals surface area (Å²) in [7, 11) is 6.28. The van der Waals surface area contributed by atoms with Crippen molar-refractivity contribution in [3.8, 4) is 0 Å². The summed E-state index contributed by atoms with van der Waals surface area (Å²) in [6.45, 7) is 0. The highest BCUT2D eigenvalue weighted by Gasteiger charge is 2.30. The number of hydrogen-bond acceptors (Lipinski definition) is 1. The Kier molecular flexibility index (Phi) is 2.97. The van der Waals surface area contributed by atoms with Gasteiger partial charge in [-0.25, -0.2) is 0 Å². The third-order valence-corrected chi connectivity index (χ3v) is 3.59. The summed E-state index contributed by atoms with van der Waals surface area (Å²) in [6, 6.07) is 0.719. The molecule has 0 heterocycles. The minimum Gasteiger partial charge on any atom is -0.317 e. The highest BCUT2D eigenvalue weighted by atomic mass is 15.0. The van der Waals surface area contributed by atoms with Crippen LogP contribution in [0, 0.1) is 0 Å². The van der Waals surface area contributed by atoms with Crippen molar-refractivity contribution < 1.29 is 0 Å².